The smallest absolute Gasteiger partial charge is 0.168 e. The predicted octanol–water partition coefficient (Wildman–Crippen LogP) is 6.19. The molecular formula is C29H33N3O5S. The van der Waals surface area contributed by atoms with Crippen LogP contribution in [0.1, 0.15) is 36.3 Å². The summed E-state index contributed by atoms with van der Waals surface area (Å²) in [6.45, 7) is 4.08. The fourth-order valence-electron chi connectivity index (χ4n) is 4.43. The summed E-state index contributed by atoms with van der Waals surface area (Å²) in [4.78, 5) is 23.4. The van der Waals surface area contributed by atoms with Crippen LogP contribution in [0.3, 0.4) is 0 Å². The van der Waals surface area contributed by atoms with Gasteiger partial charge in [0.1, 0.15) is 0 Å². The number of carbonyl (C=O) groups is 1. The Hall–Kier alpha value is -3.72. The minimum absolute atomic E-state index is 0.0319. The number of ketones is 1. The van der Waals surface area contributed by atoms with Crippen molar-refractivity contribution in [2.45, 2.75) is 31.2 Å². The van der Waals surface area contributed by atoms with E-state index in [0.717, 1.165) is 21.7 Å². The highest BCUT2D eigenvalue weighted by Crippen LogP contribution is 2.42. The van der Waals surface area contributed by atoms with Crippen molar-refractivity contribution in [2.75, 3.05) is 28.4 Å². The number of hydrogen-bond donors (Lipinski definition) is 0. The van der Waals surface area contributed by atoms with Gasteiger partial charge in [0.15, 0.2) is 33.9 Å². The summed E-state index contributed by atoms with van der Waals surface area (Å²) in [5.74, 6) is 2.97. The molecule has 2 aromatic carbocycles. The Morgan fingerprint density at radius 3 is 2.21 bits per heavy atom. The molecule has 4 aromatic rings. The Kier molecular flexibility index (Phi) is 8.46. The molecule has 0 saturated heterocycles. The number of benzene rings is 2. The number of fused-ring (bicyclic) bond motifs is 1. The Bertz CT molecular complexity index is 1460. The molecular weight excluding hydrogens is 502 g/mol. The molecule has 2 aromatic heterocycles. The monoisotopic (exact) mass is 535 g/mol. The van der Waals surface area contributed by atoms with Gasteiger partial charge >= 0.3 is 0 Å². The molecule has 38 heavy (non-hydrogen) atoms. The van der Waals surface area contributed by atoms with Gasteiger partial charge in [0.05, 0.1) is 39.6 Å². The van der Waals surface area contributed by atoms with Crippen molar-refractivity contribution in [3.05, 3.63) is 54.0 Å². The number of pyridine rings is 1. The molecule has 0 aliphatic rings. The van der Waals surface area contributed by atoms with Gasteiger partial charge in [-0.05, 0) is 29.7 Å². The normalized spacial score (nSPS) is 11.2. The van der Waals surface area contributed by atoms with Gasteiger partial charge in [-0.2, -0.15) is 0 Å². The van der Waals surface area contributed by atoms with Gasteiger partial charge in [-0.3, -0.25) is 9.78 Å². The average molecular weight is 536 g/mol. The molecule has 4 rings (SSSR count). The summed E-state index contributed by atoms with van der Waals surface area (Å²) in [5.41, 5.74) is 3.57. The first kappa shape index (κ1) is 27.3. The number of ether oxygens (including phenoxy) is 4. The van der Waals surface area contributed by atoms with E-state index in [1.54, 1.807) is 34.6 Å². The standard InChI is InChI=1S/C29H33N3O5S/c1-17(2)12-22(33)28-21(16-38-29-30-10-11-32(29)3)31-20-15-26(37-7)25(36-6)14-19(20)27(28)18-8-9-23(34-4)24(13-18)35-5/h8-11,13-15,17H,12,16H2,1-7H3. The van der Waals surface area contributed by atoms with Crippen LogP contribution in [0.2, 0.25) is 0 Å². The third kappa shape index (κ3) is 5.43. The van der Waals surface area contributed by atoms with Crippen molar-refractivity contribution in [3.8, 4) is 34.1 Å². The molecule has 0 atom stereocenters. The maximum Gasteiger partial charge on any atom is 0.168 e. The van der Waals surface area contributed by atoms with Crippen LogP contribution >= 0.6 is 11.8 Å². The quantitative estimate of drug-likeness (QED) is 0.166. The van der Waals surface area contributed by atoms with E-state index >= 15 is 0 Å². The number of aromatic nitrogens is 3. The second-order valence-electron chi connectivity index (χ2n) is 9.23. The zero-order valence-corrected chi connectivity index (χ0v) is 23.6. The van der Waals surface area contributed by atoms with Crippen LogP contribution in [0.25, 0.3) is 22.0 Å². The topological polar surface area (TPSA) is 84.7 Å². The van der Waals surface area contributed by atoms with Crippen LogP contribution in [-0.4, -0.2) is 48.8 Å². The highest BCUT2D eigenvalue weighted by Gasteiger charge is 2.25. The van der Waals surface area contributed by atoms with Gasteiger partial charge in [-0.1, -0.05) is 31.7 Å². The molecule has 0 amide bonds. The second kappa shape index (κ2) is 11.8. The van der Waals surface area contributed by atoms with Crippen molar-refractivity contribution in [1.82, 2.24) is 14.5 Å². The third-order valence-corrected chi connectivity index (χ3v) is 7.29. The lowest BCUT2D eigenvalue weighted by molar-refractivity contribution is 0.0967. The summed E-state index contributed by atoms with van der Waals surface area (Å²) in [6.07, 6.45) is 4.04. The molecule has 9 heteroatoms. The highest BCUT2D eigenvalue weighted by molar-refractivity contribution is 7.98. The second-order valence-corrected chi connectivity index (χ2v) is 10.2. The summed E-state index contributed by atoms with van der Waals surface area (Å²) in [7, 11) is 8.33. The van der Waals surface area contributed by atoms with Gasteiger partial charge in [0, 0.05) is 54.2 Å². The summed E-state index contributed by atoms with van der Waals surface area (Å²) < 4.78 is 24.2. The van der Waals surface area contributed by atoms with E-state index in [1.165, 1.54) is 11.8 Å². The average Bonchev–Trinajstić information content (AvgIpc) is 3.33. The van der Waals surface area contributed by atoms with E-state index < -0.39 is 0 Å². The van der Waals surface area contributed by atoms with Crippen LogP contribution in [0.4, 0.5) is 0 Å². The van der Waals surface area contributed by atoms with Crippen LogP contribution in [0.15, 0.2) is 47.9 Å². The number of aryl methyl sites for hydroxylation is 1. The number of Topliss-reactive ketones (excluding diaryl/α,β-unsaturated/α-hetero) is 1. The first-order valence-electron chi connectivity index (χ1n) is 12.3. The van der Waals surface area contributed by atoms with E-state index in [4.69, 9.17) is 23.9 Å². The van der Waals surface area contributed by atoms with Crippen molar-refractivity contribution < 1.29 is 23.7 Å². The van der Waals surface area contributed by atoms with Gasteiger partial charge < -0.3 is 23.5 Å². The SMILES string of the molecule is COc1ccc(-c2c(C(=O)CC(C)C)c(CSc3nccn3C)nc3cc(OC)c(OC)cc23)cc1OC. The predicted molar refractivity (Wildman–Crippen MR) is 150 cm³/mol. The lowest BCUT2D eigenvalue weighted by Gasteiger charge is -2.20. The van der Waals surface area contributed by atoms with E-state index in [2.05, 4.69) is 4.98 Å². The molecule has 0 fully saturated rings. The summed E-state index contributed by atoms with van der Waals surface area (Å²) >= 11 is 1.54. The van der Waals surface area contributed by atoms with E-state index in [0.29, 0.717) is 51.9 Å². The van der Waals surface area contributed by atoms with Crippen LogP contribution in [-0.2, 0) is 12.8 Å². The van der Waals surface area contributed by atoms with E-state index in [9.17, 15) is 4.79 Å². The summed E-state index contributed by atoms with van der Waals surface area (Å²) in [6, 6.07) is 9.42. The largest absolute Gasteiger partial charge is 0.493 e. The fraction of sp³-hybridized carbons (Fsp3) is 0.345. The molecule has 8 nitrogen and oxygen atoms in total. The van der Waals surface area contributed by atoms with Gasteiger partial charge in [-0.15, -0.1) is 0 Å². The van der Waals surface area contributed by atoms with Gasteiger partial charge in [0.2, 0.25) is 0 Å². The number of rotatable bonds is 11. The zero-order chi connectivity index (χ0) is 27.4. The maximum atomic E-state index is 13.9. The fourth-order valence-corrected chi connectivity index (χ4v) is 5.31. The first-order chi connectivity index (χ1) is 18.3. The Morgan fingerprint density at radius 1 is 0.947 bits per heavy atom. The van der Waals surface area contributed by atoms with Gasteiger partial charge in [-0.25, -0.2) is 4.98 Å². The molecule has 200 valence electrons. The molecule has 0 N–H and O–H groups in total. The Balaban J connectivity index is 2.05. The van der Waals surface area contributed by atoms with Crippen LogP contribution < -0.4 is 18.9 Å². The summed E-state index contributed by atoms with van der Waals surface area (Å²) in [5, 5.41) is 1.63. The Labute approximate surface area is 227 Å². The molecule has 0 aliphatic carbocycles. The molecule has 0 saturated carbocycles. The zero-order valence-electron chi connectivity index (χ0n) is 22.8. The van der Waals surface area contributed by atoms with Crippen LogP contribution in [0, 0.1) is 5.92 Å². The van der Waals surface area contributed by atoms with Crippen molar-refractivity contribution in [3.63, 3.8) is 0 Å². The van der Waals surface area contributed by atoms with E-state index in [1.807, 2.05) is 62.0 Å². The number of nitrogens with zero attached hydrogens (tertiary/aromatic N) is 3. The van der Waals surface area contributed by atoms with Crippen molar-refractivity contribution in [1.29, 1.82) is 0 Å². The lowest BCUT2D eigenvalue weighted by atomic mass is 9.89. The minimum atomic E-state index is 0.0319. The lowest BCUT2D eigenvalue weighted by Crippen LogP contribution is -2.12. The molecule has 2 heterocycles. The van der Waals surface area contributed by atoms with Gasteiger partial charge in [0.25, 0.3) is 0 Å². The third-order valence-electron chi connectivity index (χ3n) is 6.22. The maximum absolute atomic E-state index is 13.9. The van der Waals surface area contributed by atoms with Crippen molar-refractivity contribution in [2.24, 2.45) is 13.0 Å². The first-order valence-corrected chi connectivity index (χ1v) is 13.2. The van der Waals surface area contributed by atoms with E-state index in [-0.39, 0.29) is 11.7 Å². The minimum Gasteiger partial charge on any atom is -0.493 e. The molecule has 0 spiro atoms. The Morgan fingerprint density at radius 2 is 1.61 bits per heavy atom. The number of thioether (sulfide) groups is 1. The molecule has 0 unspecified atom stereocenters. The number of carbonyl (C=O) groups excluding carboxylic acids is 1. The molecule has 0 bridgehead atoms. The molecule has 0 radical (unpaired) electrons. The number of imidazole rings is 1. The molecule has 0 aliphatic heterocycles. The highest BCUT2D eigenvalue weighted by atomic mass is 32.2. The number of hydrogen-bond acceptors (Lipinski definition) is 8. The van der Waals surface area contributed by atoms with Crippen molar-refractivity contribution >= 4 is 28.4 Å². The number of methoxy groups -OCH3 is 4. The van der Waals surface area contributed by atoms with Crippen LogP contribution in [0.5, 0.6) is 23.0 Å².